The minimum atomic E-state index is -0.810. The number of carbonyl (C=O) groups is 4. The van der Waals surface area contributed by atoms with Gasteiger partial charge in [0.25, 0.3) is 0 Å². The number of rotatable bonds is 8. The topological polar surface area (TPSA) is 135 Å². The van der Waals surface area contributed by atoms with Crippen LogP contribution in [-0.2, 0) is 19.2 Å². The number of hydrogen-bond donors (Lipinski definition) is 3. The normalized spacial score (nSPS) is 33.2. The number of likely N-dealkylation sites (tertiary alicyclic amines) is 1. The minimum absolute atomic E-state index is 0.0107. The predicted octanol–water partition coefficient (Wildman–Crippen LogP) is 0.485. The molecule has 3 N–H and O–H groups in total. The fraction of sp³-hybridized carbons (Fsp3) is 0.815. The molecule has 37 heavy (non-hydrogen) atoms. The molecule has 10 nitrogen and oxygen atoms in total. The van der Waals surface area contributed by atoms with Crippen molar-refractivity contribution in [2.24, 2.45) is 34.5 Å². The molecule has 0 aromatic rings. The van der Waals surface area contributed by atoms with Gasteiger partial charge in [-0.1, -0.05) is 34.6 Å². The molecule has 0 radical (unpaired) electrons. The average molecular weight is 515 g/mol. The van der Waals surface area contributed by atoms with E-state index in [4.69, 9.17) is 0 Å². The Labute approximate surface area is 219 Å². The summed E-state index contributed by atoms with van der Waals surface area (Å²) in [6, 6.07) is 0.0160. The molecular weight excluding hydrogens is 472 g/mol. The molecule has 2 aliphatic heterocycles. The smallest absolute Gasteiger partial charge is 0.246 e. The van der Waals surface area contributed by atoms with Gasteiger partial charge in [-0.05, 0) is 56.0 Å². The van der Waals surface area contributed by atoms with Crippen molar-refractivity contribution in [3.05, 3.63) is 0 Å². The molecule has 2 aliphatic carbocycles. The number of fused-ring (bicyclic) bond motifs is 1. The lowest BCUT2D eigenvalue weighted by molar-refractivity contribution is -0.145. The Hall–Kier alpha value is -2.67. The summed E-state index contributed by atoms with van der Waals surface area (Å²) in [5.74, 6) is -1.09. The third-order valence-corrected chi connectivity index (χ3v) is 9.07. The summed E-state index contributed by atoms with van der Waals surface area (Å²) in [5, 5.41) is 18.3. The average Bonchev–Trinajstić information content (AvgIpc) is 3.56. The van der Waals surface area contributed by atoms with Crippen LogP contribution in [-0.4, -0.2) is 84.8 Å². The summed E-state index contributed by atoms with van der Waals surface area (Å²) in [6.07, 6.45) is 1.66. The Morgan fingerprint density at radius 2 is 1.89 bits per heavy atom. The molecule has 10 heteroatoms. The van der Waals surface area contributed by atoms with E-state index in [1.165, 1.54) is 0 Å². The van der Waals surface area contributed by atoms with Crippen LogP contribution in [0.1, 0.15) is 53.9 Å². The van der Waals surface area contributed by atoms with Crippen LogP contribution in [0.4, 0.5) is 0 Å². The molecule has 4 fully saturated rings. The van der Waals surface area contributed by atoms with Crippen LogP contribution in [0.15, 0.2) is 0 Å². The summed E-state index contributed by atoms with van der Waals surface area (Å²) >= 11 is 0. The van der Waals surface area contributed by atoms with E-state index in [9.17, 15) is 24.4 Å². The number of piperidine rings is 1. The Morgan fingerprint density at radius 1 is 1.22 bits per heavy atom. The van der Waals surface area contributed by atoms with Crippen LogP contribution in [0.3, 0.4) is 0 Å². The monoisotopic (exact) mass is 514 g/mol. The lowest BCUT2D eigenvalue weighted by Gasteiger charge is -2.38. The lowest BCUT2D eigenvalue weighted by atomic mass is 9.85. The highest BCUT2D eigenvalue weighted by Crippen LogP contribution is 2.65. The largest absolute Gasteiger partial charge is 0.356 e. The van der Waals surface area contributed by atoms with E-state index < -0.39 is 23.5 Å². The zero-order valence-corrected chi connectivity index (χ0v) is 23.1. The number of carbonyl (C=O) groups excluding carboxylic acids is 4. The van der Waals surface area contributed by atoms with Gasteiger partial charge in [0, 0.05) is 25.0 Å². The third-order valence-electron chi connectivity index (χ3n) is 9.07. The maximum Gasteiger partial charge on any atom is 0.246 e. The number of nitrogens with zero attached hydrogens (tertiary/aromatic N) is 3. The van der Waals surface area contributed by atoms with Crippen molar-refractivity contribution in [2.45, 2.75) is 78.0 Å². The van der Waals surface area contributed by atoms with Gasteiger partial charge in [-0.2, -0.15) is 5.26 Å². The summed E-state index contributed by atoms with van der Waals surface area (Å²) in [7, 11) is 3.89. The number of hydrogen-bond acceptors (Lipinski definition) is 6. The molecule has 4 rings (SSSR count). The maximum atomic E-state index is 14.0. The third kappa shape index (κ3) is 5.20. The molecule has 204 valence electrons. The van der Waals surface area contributed by atoms with E-state index in [1.807, 2.05) is 39.8 Å². The number of amides is 4. The lowest BCUT2D eigenvalue weighted by Crippen LogP contribution is -2.60. The van der Waals surface area contributed by atoms with Crippen LogP contribution in [0.2, 0.25) is 0 Å². The van der Waals surface area contributed by atoms with Crippen LogP contribution in [0.25, 0.3) is 0 Å². The first-order valence-electron chi connectivity index (χ1n) is 13.4. The molecule has 2 saturated carbocycles. The van der Waals surface area contributed by atoms with Crippen LogP contribution >= 0.6 is 0 Å². The molecular formula is C27H42N6O4. The van der Waals surface area contributed by atoms with Crippen molar-refractivity contribution in [3.8, 4) is 6.07 Å². The van der Waals surface area contributed by atoms with Crippen LogP contribution in [0, 0.1) is 45.8 Å². The first kappa shape index (κ1) is 27.4. The van der Waals surface area contributed by atoms with Crippen molar-refractivity contribution in [2.75, 3.05) is 27.2 Å². The minimum Gasteiger partial charge on any atom is -0.356 e. The van der Waals surface area contributed by atoms with E-state index in [0.29, 0.717) is 19.5 Å². The van der Waals surface area contributed by atoms with Crippen LogP contribution < -0.4 is 16.0 Å². The van der Waals surface area contributed by atoms with Gasteiger partial charge in [0.1, 0.15) is 18.1 Å². The van der Waals surface area contributed by atoms with E-state index in [0.717, 1.165) is 6.42 Å². The van der Waals surface area contributed by atoms with Crippen molar-refractivity contribution >= 4 is 23.6 Å². The standard InChI is InChI=1S/C27H42N6O4/c1-26(2,3)21(31-23(35)16-11-18(16)32(6)7)25(37)33-13-17-19(27(17,4)5)20(33)24(36)30-15(12-28)10-14-8-9-29-22(14)34/h14-21H,8-11,13H2,1-7H3,(H,29,34)(H,30,36)(H,31,35). The molecule has 0 spiro atoms. The van der Waals surface area contributed by atoms with Crippen LogP contribution in [0.5, 0.6) is 0 Å². The second kappa shape index (κ2) is 9.57. The van der Waals surface area contributed by atoms with Gasteiger partial charge in [-0.25, -0.2) is 0 Å². The van der Waals surface area contributed by atoms with Crippen molar-refractivity contribution in [1.82, 2.24) is 25.8 Å². The Bertz CT molecular complexity index is 1010. The molecule has 2 heterocycles. The Kier molecular flexibility index (Phi) is 7.08. The van der Waals surface area contributed by atoms with Gasteiger partial charge in [-0.3, -0.25) is 19.2 Å². The molecule has 0 aromatic carbocycles. The summed E-state index contributed by atoms with van der Waals surface area (Å²) in [4.78, 5) is 56.2. The van der Waals surface area contributed by atoms with Gasteiger partial charge >= 0.3 is 0 Å². The quantitative estimate of drug-likeness (QED) is 0.431. The van der Waals surface area contributed by atoms with E-state index in [1.54, 1.807) is 4.90 Å². The molecule has 0 aromatic heterocycles. The first-order valence-corrected chi connectivity index (χ1v) is 13.4. The first-order chi connectivity index (χ1) is 17.2. The van der Waals surface area contributed by atoms with Crippen molar-refractivity contribution in [3.63, 3.8) is 0 Å². The summed E-state index contributed by atoms with van der Waals surface area (Å²) < 4.78 is 0. The number of nitrogens with one attached hydrogen (secondary N) is 3. The number of nitriles is 1. The Balaban J connectivity index is 1.49. The van der Waals surface area contributed by atoms with E-state index in [-0.39, 0.29) is 65.2 Å². The molecule has 4 aliphatic rings. The second-order valence-corrected chi connectivity index (χ2v) is 13.3. The van der Waals surface area contributed by atoms with Crippen molar-refractivity contribution in [1.29, 1.82) is 5.26 Å². The summed E-state index contributed by atoms with van der Waals surface area (Å²) in [5.41, 5.74) is -0.636. The molecule has 8 atom stereocenters. The zero-order valence-electron chi connectivity index (χ0n) is 23.1. The second-order valence-electron chi connectivity index (χ2n) is 13.3. The van der Waals surface area contributed by atoms with Crippen molar-refractivity contribution < 1.29 is 19.2 Å². The van der Waals surface area contributed by atoms with Gasteiger partial charge in [0.15, 0.2) is 0 Å². The van der Waals surface area contributed by atoms with Gasteiger partial charge in [0.2, 0.25) is 23.6 Å². The summed E-state index contributed by atoms with van der Waals surface area (Å²) in [6.45, 7) is 11.0. The van der Waals surface area contributed by atoms with Gasteiger partial charge in [0.05, 0.1) is 12.0 Å². The predicted molar refractivity (Wildman–Crippen MR) is 137 cm³/mol. The van der Waals surface area contributed by atoms with Gasteiger partial charge in [-0.15, -0.1) is 0 Å². The highest BCUT2D eigenvalue weighted by Gasteiger charge is 2.70. The molecule has 2 saturated heterocycles. The van der Waals surface area contributed by atoms with E-state index >= 15 is 0 Å². The SMILES string of the molecule is CN(C)C1CC1C(=O)NC(C(=O)N1CC2C(C1C(=O)NC(C#N)CC1CCNC1=O)C2(C)C)C(C)(C)C. The Morgan fingerprint density at radius 3 is 2.41 bits per heavy atom. The fourth-order valence-electron chi connectivity index (χ4n) is 6.47. The molecule has 8 unspecified atom stereocenters. The highest BCUT2D eigenvalue weighted by atomic mass is 16.2. The maximum absolute atomic E-state index is 14.0. The zero-order chi connectivity index (χ0) is 27.4. The molecule has 0 bridgehead atoms. The fourth-order valence-corrected chi connectivity index (χ4v) is 6.47. The van der Waals surface area contributed by atoms with Gasteiger partial charge < -0.3 is 25.8 Å². The molecule has 4 amide bonds. The highest BCUT2D eigenvalue weighted by molar-refractivity contribution is 5.95. The van der Waals surface area contributed by atoms with E-state index in [2.05, 4.69) is 35.9 Å².